The number of piperidine rings is 2. The molecule has 42 heavy (non-hydrogen) atoms. The summed E-state index contributed by atoms with van der Waals surface area (Å²) in [6, 6.07) is 4.65. The van der Waals surface area contributed by atoms with Crippen LogP contribution in [0.15, 0.2) is 42.5 Å². The van der Waals surface area contributed by atoms with E-state index in [1.165, 1.54) is 40.5 Å². The van der Waals surface area contributed by atoms with Gasteiger partial charge in [-0.2, -0.15) is 26.3 Å². The van der Waals surface area contributed by atoms with Crippen molar-refractivity contribution in [2.45, 2.75) is 48.8 Å². The van der Waals surface area contributed by atoms with Gasteiger partial charge in [-0.3, -0.25) is 4.90 Å². The molecule has 232 valence electrons. The molecule has 15 heteroatoms. The van der Waals surface area contributed by atoms with Crippen LogP contribution in [0.25, 0.3) is 0 Å². The number of urea groups is 1. The van der Waals surface area contributed by atoms with Gasteiger partial charge in [-0.25, -0.2) is 21.9 Å². The second-order valence-electron chi connectivity index (χ2n) is 10.6. The Labute approximate surface area is 239 Å². The van der Waals surface area contributed by atoms with E-state index < -0.39 is 68.2 Å². The first-order valence-electron chi connectivity index (χ1n) is 13.3. The highest BCUT2D eigenvalue weighted by molar-refractivity contribution is 7.89. The first-order valence-corrected chi connectivity index (χ1v) is 14.8. The lowest BCUT2D eigenvalue weighted by Crippen LogP contribution is -2.55. The predicted octanol–water partition coefficient (Wildman–Crippen LogP) is 5.29. The van der Waals surface area contributed by atoms with Crippen molar-refractivity contribution in [3.8, 4) is 0 Å². The van der Waals surface area contributed by atoms with Crippen LogP contribution < -0.4 is 10.2 Å². The van der Waals surface area contributed by atoms with Gasteiger partial charge in [-0.1, -0.05) is 12.1 Å². The van der Waals surface area contributed by atoms with E-state index in [1.54, 1.807) is 0 Å². The Bertz CT molecular complexity index is 1350. The minimum absolute atomic E-state index is 0.0192. The van der Waals surface area contributed by atoms with Crippen LogP contribution in [-0.4, -0.2) is 75.2 Å². The maximum Gasteiger partial charge on any atom is 0.416 e. The zero-order valence-electron chi connectivity index (χ0n) is 22.8. The Morgan fingerprint density at radius 1 is 0.905 bits per heavy atom. The smallest absolute Gasteiger partial charge is 0.324 e. The minimum atomic E-state index is -5.09. The molecule has 0 unspecified atom stereocenters. The molecule has 2 aromatic carbocycles. The number of hydrogen-bond donors (Lipinski definition) is 1. The predicted molar refractivity (Wildman–Crippen MR) is 142 cm³/mol. The van der Waals surface area contributed by atoms with Crippen molar-refractivity contribution < 1.29 is 43.9 Å². The van der Waals surface area contributed by atoms with E-state index in [4.69, 9.17) is 0 Å². The molecule has 4 rings (SSSR count). The first-order chi connectivity index (χ1) is 19.5. The second-order valence-corrected chi connectivity index (χ2v) is 12.8. The monoisotopic (exact) mass is 624 g/mol. The molecule has 2 aliphatic rings. The second kappa shape index (κ2) is 12.0. The molecular weight excluding hydrogens is 593 g/mol. The number of halogens is 7. The van der Waals surface area contributed by atoms with E-state index in [-0.39, 0.29) is 25.6 Å². The standard InChI is InChI=1S/C27H31F7N4O3S/c1-36(21-14-18(26(29,30)31)13-19(15-21)27(32,33)34)25(39)37(2)24-9-12-38(42(40,41)22-7-10-35-11-8-22)16-23(24)17-3-5-20(28)6-4-17/h3-6,13-15,22-24,35H,7-12,16H2,1-2H3/t23-,24+/m0/s1. The van der Waals surface area contributed by atoms with Crippen LogP contribution >= 0.6 is 0 Å². The molecule has 7 nitrogen and oxygen atoms in total. The number of alkyl halides is 6. The number of amides is 2. The zero-order valence-corrected chi connectivity index (χ0v) is 23.7. The van der Waals surface area contributed by atoms with Crippen molar-refractivity contribution in [2.24, 2.45) is 0 Å². The summed E-state index contributed by atoms with van der Waals surface area (Å²) < 4.78 is 123. The third-order valence-electron chi connectivity index (χ3n) is 7.95. The molecule has 2 fully saturated rings. The zero-order chi connectivity index (χ0) is 31.0. The number of hydrogen-bond acceptors (Lipinski definition) is 4. The molecule has 2 aromatic rings. The summed E-state index contributed by atoms with van der Waals surface area (Å²) in [6.45, 7) is 1.12. The highest BCUT2D eigenvalue weighted by Gasteiger charge is 2.43. The number of nitrogens with one attached hydrogen (secondary N) is 1. The SMILES string of the molecule is CN(C(=O)N(C)[C@@H]1CCN(S(=O)(=O)C2CCNCC2)C[C@H]1c1ccc(F)cc1)c1cc(C(F)(F)F)cc(C(F)(F)F)c1. The van der Waals surface area contributed by atoms with E-state index in [2.05, 4.69) is 5.32 Å². The van der Waals surface area contributed by atoms with Crippen LogP contribution in [0, 0.1) is 5.82 Å². The number of nitrogens with zero attached hydrogens (tertiary/aromatic N) is 3. The molecular formula is C27H31F7N4O3S. The van der Waals surface area contributed by atoms with Crippen molar-refractivity contribution in [1.29, 1.82) is 0 Å². The van der Waals surface area contributed by atoms with Gasteiger partial charge in [0.1, 0.15) is 5.82 Å². The van der Waals surface area contributed by atoms with E-state index in [1.807, 2.05) is 0 Å². The van der Waals surface area contributed by atoms with Gasteiger partial charge in [0.25, 0.3) is 0 Å². The van der Waals surface area contributed by atoms with Crippen molar-refractivity contribution >= 4 is 21.7 Å². The number of sulfonamides is 1. The van der Waals surface area contributed by atoms with Gasteiger partial charge in [0.05, 0.1) is 16.4 Å². The first kappa shape index (κ1) is 32.0. The van der Waals surface area contributed by atoms with Crippen LogP contribution in [0.1, 0.15) is 41.9 Å². The maximum atomic E-state index is 13.7. The number of likely N-dealkylation sites (N-methyl/N-ethyl adjacent to an activating group) is 1. The van der Waals surface area contributed by atoms with Crippen molar-refractivity contribution in [1.82, 2.24) is 14.5 Å². The van der Waals surface area contributed by atoms with Gasteiger partial charge in [-0.15, -0.1) is 0 Å². The highest BCUT2D eigenvalue weighted by atomic mass is 32.2. The van der Waals surface area contributed by atoms with Crippen molar-refractivity contribution in [3.63, 3.8) is 0 Å². The van der Waals surface area contributed by atoms with Crippen LogP contribution in [0.4, 0.5) is 41.2 Å². The Morgan fingerprint density at radius 2 is 1.45 bits per heavy atom. The van der Waals surface area contributed by atoms with Gasteiger partial charge in [-0.05, 0) is 68.2 Å². The van der Waals surface area contributed by atoms with E-state index in [0.29, 0.717) is 48.5 Å². The summed E-state index contributed by atoms with van der Waals surface area (Å²) in [4.78, 5) is 15.4. The Balaban J connectivity index is 1.64. The molecule has 0 bridgehead atoms. The molecule has 0 aliphatic carbocycles. The summed E-state index contributed by atoms with van der Waals surface area (Å²) in [7, 11) is -1.28. The average molecular weight is 625 g/mol. The normalized spacial score (nSPS) is 21.3. The van der Waals surface area contributed by atoms with Gasteiger partial charge >= 0.3 is 18.4 Å². The van der Waals surface area contributed by atoms with E-state index in [0.717, 1.165) is 7.05 Å². The fraction of sp³-hybridized carbons (Fsp3) is 0.519. The summed E-state index contributed by atoms with van der Waals surface area (Å²) >= 11 is 0. The lowest BCUT2D eigenvalue weighted by Gasteiger charge is -2.44. The van der Waals surface area contributed by atoms with Crippen LogP contribution in [0.2, 0.25) is 0 Å². The van der Waals surface area contributed by atoms with Crippen molar-refractivity contribution in [2.75, 3.05) is 45.2 Å². The number of carbonyl (C=O) groups excluding carboxylic acids is 1. The molecule has 2 heterocycles. The molecule has 2 atom stereocenters. The lowest BCUT2D eigenvalue weighted by atomic mass is 9.86. The number of carbonyl (C=O) groups is 1. The largest absolute Gasteiger partial charge is 0.416 e. The third kappa shape index (κ3) is 6.83. The van der Waals surface area contributed by atoms with Crippen LogP contribution in [0.3, 0.4) is 0 Å². The Morgan fingerprint density at radius 3 is 1.98 bits per heavy atom. The van der Waals surface area contributed by atoms with Crippen LogP contribution in [-0.2, 0) is 22.4 Å². The summed E-state index contributed by atoms with van der Waals surface area (Å²) in [5, 5.41) is 2.53. The van der Waals surface area contributed by atoms with Gasteiger partial charge < -0.3 is 10.2 Å². The number of rotatable bonds is 5. The molecule has 0 aromatic heterocycles. The third-order valence-corrected chi connectivity index (χ3v) is 10.3. The van der Waals surface area contributed by atoms with Gasteiger partial charge in [0.2, 0.25) is 10.0 Å². The molecule has 1 N–H and O–H groups in total. The molecule has 0 spiro atoms. The van der Waals surface area contributed by atoms with E-state index in [9.17, 15) is 43.9 Å². The molecule has 0 radical (unpaired) electrons. The quantitative estimate of drug-likeness (QED) is 0.459. The maximum absolute atomic E-state index is 13.7. The topological polar surface area (TPSA) is 73.0 Å². The summed E-state index contributed by atoms with van der Waals surface area (Å²) in [5.74, 6) is -1.18. The fourth-order valence-electron chi connectivity index (χ4n) is 5.57. The van der Waals surface area contributed by atoms with Gasteiger partial charge in [0, 0.05) is 44.8 Å². The summed E-state index contributed by atoms with van der Waals surface area (Å²) in [5.41, 5.74) is -3.20. The average Bonchev–Trinajstić information content (AvgIpc) is 2.95. The fourth-order valence-corrected chi connectivity index (χ4v) is 7.55. The Hall–Kier alpha value is -2.91. The van der Waals surface area contributed by atoms with Gasteiger partial charge in [0.15, 0.2) is 0 Å². The molecule has 0 saturated carbocycles. The van der Waals surface area contributed by atoms with Crippen LogP contribution in [0.5, 0.6) is 0 Å². The number of benzene rings is 2. The number of anilines is 1. The van der Waals surface area contributed by atoms with Crippen molar-refractivity contribution in [3.05, 3.63) is 65.0 Å². The summed E-state index contributed by atoms with van der Waals surface area (Å²) in [6.07, 6.45) is -9.18. The molecule has 2 saturated heterocycles. The minimum Gasteiger partial charge on any atom is -0.324 e. The molecule has 2 amide bonds. The molecule has 2 aliphatic heterocycles. The Kier molecular flexibility index (Phi) is 9.14. The lowest BCUT2D eigenvalue weighted by molar-refractivity contribution is -0.143. The highest BCUT2D eigenvalue weighted by Crippen LogP contribution is 2.39. The van der Waals surface area contributed by atoms with E-state index >= 15 is 0 Å².